The second-order valence-corrected chi connectivity index (χ2v) is 4.49. The Morgan fingerprint density at radius 2 is 2.25 bits per heavy atom. The SMILES string of the molecule is CCNCC(C)COCc1cccc(Cl)c1. The zero-order valence-corrected chi connectivity index (χ0v) is 10.8. The molecule has 1 aromatic carbocycles. The fourth-order valence-electron chi connectivity index (χ4n) is 1.45. The zero-order chi connectivity index (χ0) is 11.8. The zero-order valence-electron chi connectivity index (χ0n) is 10.0. The minimum Gasteiger partial charge on any atom is -0.376 e. The Morgan fingerprint density at radius 1 is 1.44 bits per heavy atom. The van der Waals surface area contributed by atoms with Gasteiger partial charge >= 0.3 is 0 Å². The molecule has 0 saturated carbocycles. The van der Waals surface area contributed by atoms with Gasteiger partial charge in [0.25, 0.3) is 0 Å². The second kappa shape index (κ2) is 7.66. The summed E-state index contributed by atoms with van der Waals surface area (Å²) in [6, 6.07) is 7.79. The van der Waals surface area contributed by atoms with E-state index in [0.29, 0.717) is 12.5 Å². The molecule has 2 nitrogen and oxygen atoms in total. The molecule has 1 rings (SSSR count). The van der Waals surface area contributed by atoms with E-state index >= 15 is 0 Å². The molecule has 0 radical (unpaired) electrons. The van der Waals surface area contributed by atoms with Crippen LogP contribution in [0.25, 0.3) is 0 Å². The molecule has 0 saturated heterocycles. The van der Waals surface area contributed by atoms with Crippen LogP contribution in [0.4, 0.5) is 0 Å². The highest BCUT2D eigenvalue weighted by molar-refractivity contribution is 6.30. The lowest BCUT2D eigenvalue weighted by molar-refractivity contribution is 0.0920. The van der Waals surface area contributed by atoms with Crippen molar-refractivity contribution in [1.82, 2.24) is 5.32 Å². The average molecular weight is 242 g/mol. The van der Waals surface area contributed by atoms with Crippen LogP contribution < -0.4 is 5.32 Å². The van der Waals surface area contributed by atoms with E-state index in [4.69, 9.17) is 16.3 Å². The number of hydrogen-bond donors (Lipinski definition) is 1. The molecule has 90 valence electrons. The molecule has 16 heavy (non-hydrogen) atoms. The molecule has 1 atom stereocenters. The standard InChI is InChI=1S/C13H20ClNO/c1-3-15-8-11(2)9-16-10-12-5-4-6-13(14)7-12/h4-7,11,15H,3,8-10H2,1-2H3. The predicted molar refractivity (Wildman–Crippen MR) is 68.8 cm³/mol. The highest BCUT2D eigenvalue weighted by Gasteiger charge is 2.01. The van der Waals surface area contributed by atoms with Gasteiger partial charge in [0.15, 0.2) is 0 Å². The Labute approximate surface area is 103 Å². The molecule has 1 N–H and O–H groups in total. The van der Waals surface area contributed by atoms with Crippen LogP contribution in [0, 0.1) is 5.92 Å². The monoisotopic (exact) mass is 241 g/mol. The second-order valence-electron chi connectivity index (χ2n) is 4.06. The summed E-state index contributed by atoms with van der Waals surface area (Å²) in [6.45, 7) is 7.72. The number of rotatable bonds is 7. The Bertz CT molecular complexity index is 304. The third-order valence-electron chi connectivity index (χ3n) is 2.30. The van der Waals surface area contributed by atoms with Crippen LogP contribution in [-0.4, -0.2) is 19.7 Å². The van der Waals surface area contributed by atoms with Crippen LogP contribution in [-0.2, 0) is 11.3 Å². The van der Waals surface area contributed by atoms with Gasteiger partial charge in [0.2, 0.25) is 0 Å². The fourth-order valence-corrected chi connectivity index (χ4v) is 1.67. The van der Waals surface area contributed by atoms with Crippen LogP contribution in [0.1, 0.15) is 19.4 Å². The van der Waals surface area contributed by atoms with Gasteiger partial charge in [0, 0.05) is 5.02 Å². The molecule has 0 fully saturated rings. The van der Waals surface area contributed by atoms with Crippen LogP contribution in [0.5, 0.6) is 0 Å². The van der Waals surface area contributed by atoms with E-state index in [2.05, 4.69) is 19.2 Å². The summed E-state index contributed by atoms with van der Waals surface area (Å²) in [7, 11) is 0. The smallest absolute Gasteiger partial charge is 0.0717 e. The van der Waals surface area contributed by atoms with Gasteiger partial charge in [-0.2, -0.15) is 0 Å². The van der Waals surface area contributed by atoms with E-state index in [1.54, 1.807) is 0 Å². The summed E-state index contributed by atoms with van der Waals surface area (Å²) in [5.41, 5.74) is 1.13. The van der Waals surface area contributed by atoms with Crippen LogP contribution in [0.15, 0.2) is 24.3 Å². The Balaban J connectivity index is 2.20. The number of halogens is 1. The maximum absolute atomic E-state index is 5.89. The topological polar surface area (TPSA) is 21.3 Å². The van der Waals surface area contributed by atoms with Gasteiger partial charge in [-0.3, -0.25) is 0 Å². The molecule has 1 aromatic rings. The van der Waals surface area contributed by atoms with Gasteiger partial charge < -0.3 is 10.1 Å². The lowest BCUT2D eigenvalue weighted by Crippen LogP contribution is -2.23. The van der Waals surface area contributed by atoms with Crippen molar-refractivity contribution in [3.63, 3.8) is 0 Å². The molecule has 3 heteroatoms. The summed E-state index contributed by atoms with van der Waals surface area (Å²) in [5.74, 6) is 0.541. The van der Waals surface area contributed by atoms with Gasteiger partial charge in [0.05, 0.1) is 13.2 Å². The van der Waals surface area contributed by atoms with Gasteiger partial charge in [-0.15, -0.1) is 0 Å². The van der Waals surface area contributed by atoms with Crippen molar-refractivity contribution in [2.45, 2.75) is 20.5 Å². The van der Waals surface area contributed by atoms with Crippen LogP contribution in [0.3, 0.4) is 0 Å². The van der Waals surface area contributed by atoms with E-state index < -0.39 is 0 Å². The minimum absolute atomic E-state index is 0.541. The molecule has 0 amide bonds. The molecular weight excluding hydrogens is 222 g/mol. The quantitative estimate of drug-likeness (QED) is 0.792. The molecule has 0 spiro atoms. The maximum atomic E-state index is 5.89. The van der Waals surface area contributed by atoms with Gasteiger partial charge in [-0.25, -0.2) is 0 Å². The molecule has 0 aliphatic carbocycles. The van der Waals surface area contributed by atoms with Crippen molar-refractivity contribution in [2.75, 3.05) is 19.7 Å². The predicted octanol–water partition coefficient (Wildman–Crippen LogP) is 3.10. The molecule has 0 aromatic heterocycles. The Kier molecular flexibility index (Phi) is 6.46. The van der Waals surface area contributed by atoms with Crippen molar-refractivity contribution >= 4 is 11.6 Å². The highest BCUT2D eigenvalue weighted by atomic mass is 35.5. The number of nitrogens with one attached hydrogen (secondary N) is 1. The largest absolute Gasteiger partial charge is 0.376 e. The first-order valence-electron chi connectivity index (χ1n) is 5.75. The lowest BCUT2D eigenvalue weighted by atomic mass is 10.2. The van der Waals surface area contributed by atoms with Gasteiger partial charge in [-0.1, -0.05) is 37.6 Å². The molecule has 0 bridgehead atoms. The molecule has 0 aliphatic heterocycles. The number of hydrogen-bond acceptors (Lipinski definition) is 2. The van der Waals surface area contributed by atoms with Crippen LogP contribution >= 0.6 is 11.6 Å². The van der Waals surface area contributed by atoms with Gasteiger partial charge in [0.1, 0.15) is 0 Å². The van der Waals surface area contributed by atoms with Gasteiger partial charge in [-0.05, 0) is 36.7 Å². The normalized spacial score (nSPS) is 12.7. The first-order valence-corrected chi connectivity index (χ1v) is 6.13. The minimum atomic E-state index is 0.541. The average Bonchev–Trinajstić information content (AvgIpc) is 2.26. The summed E-state index contributed by atoms with van der Waals surface area (Å²) >= 11 is 5.89. The van der Waals surface area contributed by atoms with E-state index in [1.807, 2.05) is 24.3 Å². The van der Waals surface area contributed by atoms with Crippen molar-refractivity contribution in [1.29, 1.82) is 0 Å². The third kappa shape index (κ3) is 5.50. The molecule has 1 unspecified atom stereocenters. The number of ether oxygens (including phenoxy) is 1. The molecular formula is C13H20ClNO. The highest BCUT2D eigenvalue weighted by Crippen LogP contribution is 2.11. The van der Waals surface area contributed by atoms with Crippen molar-refractivity contribution in [2.24, 2.45) is 5.92 Å². The Morgan fingerprint density at radius 3 is 2.94 bits per heavy atom. The first-order chi connectivity index (χ1) is 7.72. The lowest BCUT2D eigenvalue weighted by Gasteiger charge is -2.12. The molecule has 0 heterocycles. The summed E-state index contributed by atoms with van der Waals surface area (Å²) in [4.78, 5) is 0. The fraction of sp³-hybridized carbons (Fsp3) is 0.538. The molecule has 0 aliphatic rings. The van der Waals surface area contributed by atoms with E-state index in [1.165, 1.54) is 0 Å². The number of benzene rings is 1. The summed E-state index contributed by atoms with van der Waals surface area (Å²) in [6.07, 6.45) is 0. The van der Waals surface area contributed by atoms with E-state index in [9.17, 15) is 0 Å². The third-order valence-corrected chi connectivity index (χ3v) is 2.54. The Hall–Kier alpha value is -0.570. The first kappa shape index (κ1) is 13.5. The van der Waals surface area contributed by atoms with E-state index in [-0.39, 0.29) is 0 Å². The summed E-state index contributed by atoms with van der Waals surface area (Å²) in [5, 5.41) is 4.07. The van der Waals surface area contributed by atoms with Crippen molar-refractivity contribution in [3.8, 4) is 0 Å². The van der Waals surface area contributed by atoms with E-state index in [0.717, 1.165) is 30.3 Å². The van der Waals surface area contributed by atoms with Crippen molar-refractivity contribution in [3.05, 3.63) is 34.9 Å². The van der Waals surface area contributed by atoms with Crippen molar-refractivity contribution < 1.29 is 4.74 Å². The van der Waals surface area contributed by atoms with Crippen LogP contribution in [0.2, 0.25) is 5.02 Å². The summed E-state index contributed by atoms with van der Waals surface area (Å²) < 4.78 is 5.63. The maximum Gasteiger partial charge on any atom is 0.0717 e.